The van der Waals surface area contributed by atoms with Crippen molar-refractivity contribution in [2.24, 2.45) is 82.9 Å². The van der Waals surface area contributed by atoms with Crippen LogP contribution in [0.25, 0.3) is 0 Å². The number of hydrogen-bond acceptors (Lipinski definition) is 0. The van der Waals surface area contributed by atoms with Gasteiger partial charge < -0.3 is 0 Å². The van der Waals surface area contributed by atoms with E-state index >= 15 is 0 Å². The first-order chi connectivity index (χ1) is 11.9. The molecule has 8 fully saturated rings. The minimum absolute atomic E-state index is 1.20. The summed E-state index contributed by atoms with van der Waals surface area (Å²) < 4.78 is 0. The van der Waals surface area contributed by atoms with Crippen molar-refractivity contribution in [3.8, 4) is 0 Å². The van der Waals surface area contributed by atoms with E-state index in [1.807, 2.05) is 0 Å². The Morgan fingerprint density at radius 1 is 0.292 bits per heavy atom. The van der Waals surface area contributed by atoms with Crippen LogP contribution in [0.3, 0.4) is 0 Å². The Labute approximate surface area is 147 Å². The average molecular weight is 323 g/mol. The van der Waals surface area contributed by atoms with Crippen LogP contribution < -0.4 is 0 Å². The fraction of sp³-hybridized carbons (Fsp3) is 1.00. The van der Waals surface area contributed by atoms with E-state index in [0.29, 0.717) is 0 Å². The Kier molecular flexibility index (Phi) is 2.27. The van der Waals surface area contributed by atoms with Crippen molar-refractivity contribution < 1.29 is 0 Å². The first-order valence-corrected chi connectivity index (χ1v) is 11.9. The summed E-state index contributed by atoms with van der Waals surface area (Å²) in [6.45, 7) is 0. The van der Waals surface area contributed by atoms with Crippen molar-refractivity contribution in [2.45, 2.75) is 64.2 Å². The zero-order valence-electron chi connectivity index (χ0n) is 15.2. The van der Waals surface area contributed by atoms with Crippen LogP contribution in [0.15, 0.2) is 0 Å². The second kappa shape index (κ2) is 4.12. The van der Waals surface area contributed by atoms with Gasteiger partial charge in [0, 0.05) is 0 Å². The van der Waals surface area contributed by atoms with Gasteiger partial charge in [-0.3, -0.25) is 0 Å². The second-order valence-corrected chi connectivity index (χ2v) is 12.1. The molecule has 8 aliphatic carbocycles. The minimum atomic E-state index is 1.20. The van der Waals surface area contributed by atoms with E-state index in [4.69, 9.17) is 0 Å². The van der Waals surface area contributed by atoms with Gasteiger partial charge >= 0.3 is 0 Å². The second-order valence-electron chi connectivity index (χ2n) is 12.1. The summed E-state index contributed by atoms with van der Waals surface area (Å²) in [5.41, 5.74) is 0. The van der Waals surface area contributed by atoms with E-state index in [9.17, 15) is 0 Å². The fourth-order valence-corrected chi connectivity index (χ4v) is 12.2. The highest BCUT2D eigenvalue weighted by molar-refractivity contribution is 5.16. The van der Waals surface area contributed by atoms with Crippen LogP contribution in [-0.2, 0) is 0 Å². The maximum Gasteiger partial charge on any atom is -0.0321 e. The largest absolute Gasteiger partial charge is 0.0499 e. The molecule has 0 aliphatic heterocycles. The summed E-state index contributed by atoms with van der Waals surface area (Å²) in [6, 6.07) is 0. The van der Waals surface area contributed by atoms with Crippen molar-refractivity contribution in [3.05, 3.63) is 0 Å². The van der Waals surface area contributed by atoms with Crippen LogP contribution in [0.2, 0.25) is 0 Å². The van der Waals surface area contributed by atoms with E-state index < -0.39 is 0 Å². The molecule has 0 N–H and O–H groups in total. The van der Waals surface area contributed by atoms with Crippen molar-refractivity contribution >= 4 is 0 Å². The van der Waals surface area contributed by atoms with Gasteiger partial charge in [0.1, 0.15) is 0 Å². The van der Waals surface area contributed by atoms with Gasteiger partial charge in [-0.25, -0.2) is 0 Å². The molecule has 8 aliphatic rings. The number of fused-ring (bicyclic) bond motifs is 18. The molecule has 0 nitrogen and oxygen atoms in total. The zero-order chi connectivity index (χ0) is 15.2. The lowest BCUT2D eigenvalue weighted by molar-refractivity contribution is 0.0195. The van der Waals surface area contributed by atoms with Gasteiger partial charge in [0.15, 0.2) is 0 Å². The molecule has 130 valence electrons. The van der Waals surface area contributed by atoms with Crippen LogP contribution in [0.4, 0.5) is 0 Å². The third kappa shape index (κ3) is 1.31. The molecular formula is C24H34. The lowest BCUT2D eigenvalue weighted by atomic mass is 9.59. The molecule has 0 aromatic carbocycles. The van der Waals surface area contributed by atoms with Crippen LogP contribution in [-0.4, -0.2) is 0 Å². The number of hydrogen-bond donors (Lipinski definition) is 0. The predicted molar refractivity (Wildman–Crippen MR) is 95.0 cm³/mol. The van der Waals surface area contributed by atoms with Crippen LogP contribution in [0, 0.1) is 82.9 Å². The molecule has 8 saturated carbocycles. The maximum atomic E-state index is 1.70. The SMILES string of the molecule is C1CC2CC1C1C3CC(C4CC5CC4C4C6CCC(C6)C54)C(C3)C21. The first kappa shape index (κ1) is 13.2. The molecule has 0 saturated heterocycles. The Balaban J connectivity index is 1.11. The highest BCUT2D eigenvalue weighted by atomic mass is 14.7. The maximum absolute atomic E-state index is 1.70. The normalized spacial score (nSPS) is 73.0. The van der Waals surface area contributed by atoms with Crippen molar-refractivity contribution in [2.75, 3.05) is 0 Å². The van der Waals surface area contributed by atoms with Gasteiger partial charge in [0.05, 0.1) is 0 Å². The lowest BCUT2D eigenvalue weighted by Crippen LogP contribution is -2.40. The number of rotatable bonds is 1. The summed E-state index contributed by atoms with van der Waals surface area (Å²) in [5, 5.41) is 0. The van der Waals surface area contributed by atoms with Crippen LogP contribution in [0.5, 0.6) is 0 Å². The molecule has 14 unspecified atom stereocenters. The van der Waals surface area contributed by atoms with Crippen molar-refractivity contribution in [1.29, 1.82) is 0 Å². The van der Waals surface area contributed by atoms with Crippen LogP contribution in [0.1, 0.15) is 64.2 Å². The van der Waals surface area contributed by atoms with E-state index in [2.05, 4.69) is 0 Å². The molecule has 0 aromatic rings. The Bertz CT molecular complexity index is 541. The Hall–Kier alpha value is 0. The molecule has 8 bridgehead atoms. The van der Waals surface area contributed by atoms with Gasteiger partial charge in [-0.05, 0) is 147 Å². The van der Waals surface area contributed by atoms with E-state index in [-0.39, 0.29) is 0 Å². The predicted octanol–water partition coefficient (Wildman–Crippen LogP) is 5.62. The highest BCUT2D eigenvalue weighted by Gasteiger charge is 2.67. The standard InChI is InChI=1S/C24H34/c1-3-13-5-11(1)21-15-7-17(19(9-15)23(13)21)18-8-16-10-20(18)24-14-4-2-12(6-14)22(16)24/h11-24H,1-10H2. The molecule has 0 heteroatoms. The monoisotopic (exact) mass is 322 g/mol. The summed E-state index contributed by atoms with van der Waals surface area (Å²) >= 11 is 0. The molecular weight excluding hydrogens is 288 g/mol. The molecule has 14 atom stereocenters. The Morgan fingerprint density at radius 3 is 1.12 bits per heavy atom. The summed E-state index contributed by atoms with van der Waals surface area (Å²) in [4.78, 5) is 0. The summed E-state index contributed by atoms with van der Waals surface area (Å²) in [5.74, 6) is 17.0. The van der Waals surface area contributed by atoms with Gasteiger partial charge in [-0.2, -0.15) is 0 Å². The fourth-order valence-electron chi connectivity index (χ4n) is 12.2. The Morgan fingerprint density at radius 2 is 0.667 bits per heavy atom. The third-order valence-corrected chi connectivity index (χ3v) is 12.1. The van der Waals surface area contributed by atoms with Crippen molar-refractivity contribution in [1.82, 2.24) is 0 Å². The van der Waals surface area contributed by atoms with Gasteiger partial charge in [-0.15, -0.1) is 0 Å². The van der Waals surface area contributed by atoms with Gasteiger partial charge in [0.2, 0.25) is 0 Å². The van der Waals surface area contributed by atoms with E-state index in [1.54, 1.807) is 64.2 Å². The van der Waals surface area contributed by atoms with Gasteiger partial charge in [0.25, 0.3) is 0 Å². The zero-order valence-corrected chi connectivity index (χ0v) is 15.2. The van der Waals surface area contributed by atoms with Crippen molar-refractivity contribution in [3.63, 3.8) is 0 Å². The molecule has 24 heavy (non-hydrogen) atoms. The molecule has 8 rings (SSSR count). The summed E-state index contributed by atoms with van der Waals surface area (Å²) in [7, 11) is 0. The lowest BCUT2D eigenvalue weighted by Gasteiger charge is -2.46. The topological polar surface area (TPSA) is 0 Å². The molecule has 0 aromatic heterocycles. The molecule has 0 heterocycles. The molecule has 0 spiro atoms. The highest BCUT2D eigenvalue weighted by Crippen LogP contribution is 2.75. The quantitative estimate of drug-likeness (QED) is 0.549. The minimum Gasteiger partial charge on any atom is -0.0499 e. The first-order valence-electron chi connectivity index (χ1n) is 11.9. The molecule has 0 amide bonds. The average Bonchev–Trinajstić information content (AvgIpc) is 3.46. The smallest absolute Gasteiger partial charge is 0.0321 e. The summed E-state index contributed by atoms with van der Waals surface area (Å²) in [6.07, 6.45) is 16.6. The van der Waals surface area contributed by atoms with Gasteiger partial charge in [-0.1, -0.05) is 0 Å². The third-order valence-electron chi connectivity index (χ3n) is 12.1. The van der Waals surface area contributed by atoms with E-state index in [1.165, 1.54) is 82.9 Å². The molecule has 0 radical (unpaired) electrons. The van der Waals surface area contributed by atoms with Crippen LogP contribution >= 0.6 is 0 Å². The van der Waals surface area contributed by atoms with E-state index in [0.717, 1.165) is 0 Å².